The smallest absolute Gasteiger partial charge is 0.109 e. The normalized spacial score (nSPS) is 17.5. The Morgan fingerprint density at radius 1 is 1.00 bits per heavy atom. The van der Waals surface area contributed by atoms with Gasteiger partial charge in [0.2, 0.25) is 0 Å². The summed E-state index contributed by atoms with van der Waals surface area (Å²) in [6.07, 6.45) is 8.04. The average Bonchev–Trinajstić information content (AvgIpc) is 2.81. The summed E-state index contributed by atoms with van der Waals surface area (Å²) >= 11 is 0. The summed E-state index contributed by atoms with van der Waals surface area (Å²) in [7, 11) is 2.07. The molecule has 1 aliphatic rings. The lowest BCUT2D eigenvalue weighted by molar-refractivity contribution is 0.250. The Bertz CT molecular complexity index is 565. The van der Waals surface area contributed by atoms with Crippen LogP contribution in [0.1, 0.15) is 17.9 Å². The number of nitrogens with zero attached hydrogens (tertiary/aromatic N) is 5. The summed E-state index contributed by atoms with van der Waals surface area (Å²) in [6.45, 7) is 6.67. The SMILES string of the molecule is Cn1ccnc1CCN1CCCN(Cc2ccccn2)CC1. The van der Waals surface area contributed by atoms with Crippen LogP contribution in [-0.4, -0.2) is 57.1 Å². The van der Waals surface area contributed by atoms with Crippen LogP contribution in [0.3, 0.4) is 0 Å². The molecular formula is C17H25N5. The predicted molar refractivity (Wildman–Crippen MR) is 87.5 cm³/mol. The minimum atomic E-state index is 0.966. The first-order chi connectivity index (χ1) is 10.8. The number of aryl methyl sites for hydroxylation is 1. The van der Waals surface area contributed by atoms with E-state index in [1.165, 1.54) is 24.5 Å². The summed E-state index contributed by atoms with van der Waals surface area (Å²) in [4.78, 5) is 13.9. The standard InChI is InChI=1S/C17H25N5/c1-20-12-8-19-17(20)6-11-21-9-4-10-22(14-13-21)15-16-5-2-3-7-18-16/h2-3,5,7-8,12H,4,6,9-11,13-15H2,1H3. The van der Waals surface area contributed by atoms with Gasteiger partial charge in [-0.3, -0.25) is 9.88 Å². The summed E-state index contributed by atoms with van der Waals surface area (Å²) in [6, 6.07) is 6.16. The fraction of sp³-hybridized carbons (Fsp3) is 0.529. The van der Waals surface area contributed by atoms with E-state index in [0.29, 0.717) is 0 Å². The Hall–Kier alpha value is -1.72. The Morgan fingerprint density at radius 3 is 2.64 bits per heavy atom. The highest BCUT2D eigenvalue weighted by Crippen LogP contribution is 2.08. The zero-order valence-electron chi connectivity index (χ0n) is 13.4. The third-order valence-electron chi connectivity index (χ3n) is 4.37. The molecule has 0 unspecified atom stereocenters. The molecular weight excluding hydrogens is 274 g/mol. The lowest BCUT2D eigenvalue weighted by Gasteiger charge is -2.21. The Morgan fingerprint density at radius 2 is 1.86 bits per heavy atom. The molecule has 0 aliphatic carbocycles. The van der Waals surface area contributed by atoms with E-state index < -0.39 is 0 Å². The van der Waals surface area contributed by atoms with Crippen LogP contribution in [0, 0.1) is 0 Å². The summed E-state index contributed by atoms with van der Waals surface area (Å²) in [5.41, 5.74) is 1.17. The van der Waals surface area contributed by atoms with E-state index in [4.69, 9.17) is 0 Å². The van der Waals surface area contributed by atoms with E-state index in [2.05, 4.69) is 43.5 Å². The summed E-state index contributed by atoms with van der Waals surface area (Å²) in [5.74, 6) is 1.18. The van der Waals surface area contributed by atoms with Crippen LogP contribution in [0.25, 0.3) is 0 Å². The topological polar surface area (TPSA) is 37.2 Å². The second-order valence-corrected chi connectivity index (χ2v) is 6.00. The zero-order valence-corrected chi connectivity index (χ0v) is 13.4. The number of imidazole rings is 1. The van der Waals surface area contributed by atoms with Crippen LogP contribution in [0.5, 0.6) is 0 Å². The molecule has 0 spiro atoms. The molecule has 1 aliphatic heterocycles. The van der Waals surface area contributed by atoms with Crippen molar-refractivity contribution < 1.29 is 0 Å². The first kappa shape index (κ1) is 15.2. The van der Waals surface area contributed by atoms with Crippen molar-refractivity contribution in [1.82, 2.24) is 24.3 Å². The third kappa shape index (κ3) is 4.15. The van der Waals surface area contributed by atoms with E-state index in [9.17, 15) is 0 Å². The van der Waals surface area contributed by atoms with Gasteiger partial charge in [-0.15, -0.1) is 0 Å². The quantitative estimate of drug-likeness (QED) is 0.840. The Balaban J connectivity index is 1.46. The van der Waals surface area contributed by atoms with Crippen LogP contribution >= 0.6 is 0 Å². The maximum Gasteiger partial charge on any atom is 0.109 e. The van der Waals surface area contributed by atoms with Gasteiger partial charge < -0.3 is 9.47 Å². The fourth-order valence-corrected chi connectivity index (χ4v) is 3.02. The van der Waals surface area contributed by atoms with Gasteiger partial charge >= 0.3 is 0 Å². The zero-order chi connectivity index (χ0) is 15.2. The fourth-order valence-electron chi connectivity index (χ4n) is 3.02. The second-order valence-electron chi connectivity index (χ2n) is 6.00. The van der Waals surface area contributed by atoms with Gasteiger partial charge in [-0.1, -0.05) is 6.07 Å². The van der Waals surface area contributed by atoms with Crippen molar-refractivity contribution in [1.29, 1.82) is 0 Å². The van der Waals surface area contributed by atoms with Crippen LogP contribution in [0.15, 0.2) is 36.8 Å². The molecule has 2 aromatic heterocycles. The number of hydrogen-bond acceptors (Lipinski definition) is 4. The molecule has 118 valence electrons. The highest BCUT2D eigenvalue weighted by atomic mass is 15.2. The van der Waals surface area contributed by atoms with E-state index in [0.717, 1.165) is 39.1 Å². The molecule has 0 aromatic carbocycles. The molecule has 22 heavy (non-hydrogen) atoms. The Kier molecular flexibility index (Phi) is 5.19. The van der Waals surface area contributed by atoms with Crippen LogP contribution in [0.4, 0.5) is 0 Å². The molecule has 0 saturated carbocycles. The first-order valence-corrected chi connectivity index (χ1v) is 8.12. The van der Waals surface area contributed by atoms with Crippen LogP contribution in [-0.2, 0) is 20.0 Å². The van der Waals surface area contributed by atoms with Gasteiger partial charge in [0, 0.05) is 58.2 Å². The van der Waals surface area contributed by atoms with Gasteiger partial charge in [0.1, 0.15) is 5.82 Å². The molecule has 0 atom stereocenters. The molecule has 5 heteroatoms. The minimum absolute atomic E-state index is 0.966. The van der Waals surface area contributed by atoms with E-state index >= 15 is 0 Å². The summed E-state index contributed by atoms with van der Waals surface area (Å²) in [5, 5.41) is 0. The average molecular weight is 299 g/mol. The molecule has 3 rings (SSSR count). The number of hydrogen-bond donors (Lipinski definition) is 0. The van der Waals surface area contributed by atoms with Crippen molar-refractivity contribution >= 4 is 0 Å². The minimum Gasteiger partial charge on any atom is -0.338 e. The van der Waals surface area contributed by atoms with Gasteiger partial charge in [0.15, 0.2) is 0 Å². The van der Waals surface area contributed by atoms with Crippen molar-refractivity contribution in [2.75, 3.05) is 32.7 Å². The molecule has 1 fully saturated rings. The van der Waals surface area contributed by atoms with Crippen molar-refractivity contribution in [3.8, 4) is 0 Å². The number of pyridine rings is 1. The lowest BCUT2D eigenvalue weighted by atomic mass is 10.3. The van der Waals surface area contributed by atoms with Crippen molar-refractivity contribution in [2.45, 2.75) is 19.4 Å². The molecule has 0 bridgehead atoms. The van der Waals surface area contributed by atoms with Gasteiger partial charge in [-0.2, -0.15) is 0 Å². The number of rotatable bonds is 5. The predicted octanol–water partition coefficient (Wildman–Crippen LogP) is 1.57. The second kappa shape index (κ2) is 7.51. The summed E-state index contributed by atoms with van der Waals surface area (Å²) < 4.78 is 2.12. The van der Waals surface area contributed by atoms with Crippen LogP contribution in [0.2, 0.25) is 0 Å². The maximum absolute atomic E-state index is 4.44. The highest BCUT2D eigenvalue weighted by molar-refractivity contribution is 5.03. The Labute approximate surface area is 132 Å². The van der Waals surface area contributed by atoms with E-state index in [1.54, 1.807) is 0 Å². The van der Waals surface area contributed by atoms with Gasteiger partial charge in [0.05, 0.1) is 5.69 Å². The van der Waals surface area contributed by atoms with Gasteiger partial charge in [0.25, 0.3) is 0 Å². The molecule has 5 nitrogen and oxygen atoms in total. The van der Waals surface area contributed by atoms with Crippen LogP contribution < -0.4 is 0 Å². The lowest BCUT2D eigenvalue weighted by Crippen LogP contribution is -2.32. The van der Waals surface area contributed by atoms with Gasteiger partial charge in [-0.25, -0.2) is 4.98 Å². The monoisotopic (exact) mass is 299 g/mol. The molecule has 2 aromatic rings. The van der Waals surface area contributed by atoms with Gasteiger partial charge in [-0.05, 0) is 31.6 Å². The molecule has 3 heterocycles. The highest BCUT2D eigenvalue weighted by Gasteiger charge is 2.15. The molecule has 1 saturated heterocycles. The van der Waals surface area contributed by atoms with E-state index in [-0.39, 0.29) is 0 Å². The van der Waals surface area contributed by atoms with Crippen molar-refractivity contribution in [2.24, 2.45) is 7.05 Å². The maximum atomic E-state index is 4.44. The molecule has 0 radical (unpaired) electrons. The van der Waals surface area contributed by atoms with Crippen molar-refractivity contribution in [3.63, 3.8) is 0 Å². The van der Waals surface area contributed by atoms with Crippen molar-refractivity contribution in [3.05, 3.63) is 48.3 Å². The largest absolute Gasteiger partial charge is 0.338 e. The number of aromatic nitrogens is 3. The molecule has 0 amide bonds. The third-order valence-corrected chi connectivity index (χ3v) is 4.37. The molecule has 0 N–H and O–H groups in total. The first-order valence-electron chi connectivity index (χ1n) is 8.12. The van der Waals surface area contributed by atoms with E-state index in [1.807, 2.05) is 24.7 Å².